The second-order valence-electron chi connectivity index (χ2n) is 6.31. The second-order valence-corrected chi connectivity index (χ2v) is 7.37. The third-order valence-corrected chi connectivity index (χ3v) is 5.84. The first-order valence-corrected chi connectivity index (χ1v) is 9.10. The molecule has 0 atom stereocenters. The Hall–Kier alpha value is -1.69. The lowest BCUT2D eigenvalue weighted by Gasteiger charge is -2.31. The number of carboxylic acid groups (broad SMARTS) is 1. The van der Waals surface area contributed by atoms with Gasteiger partial charge in [-0.15, -0.1) is 11.3 Å². The van der Waals surface area contributed by atoms with Gasteiger partial charge in [-0.25, -0.2) is 9.78 Å². The maximum Gasteiger partial charge on any atom is 0.347 e. The molecule has 0 aromatic carbocycles. The lowest BCUT2D eigenvalue weighted by atomic mass is 9.94. The van der Waals surface area contributed by atoms with Crippen LogP contribution >= 0.6 is 11.3 Å². The number of likely N-dealkylation sites (tertiary alicyclic amines) is 1. The molecule has 1 aromatic rings. The standard InChI is InChI=1S/C17H22N2O3S/c20-15(10-12-4-2-1-3-5-12)19-8-6-13(7-9-19)16-18-11-14(23-16)17(21)22/h4,11,13H,1-3,5-10H2,(H,21,22). The summed E-state index contributed by atoms with van der Waals surface area (Å²) in [5.41, 5.74) is 1.30. The third kappa shape index (κ3) is 3.99. The van der Waals surface area contributed by atoms with Gasteiger partial charge in [0.15, 0.2) is 0 Å². The van der Waals surface area contributed by atoms with Gasteiger partial charge >= 0.3 is 5.97 Å². The molecule has 1 saturated heterocycles. The number of carbonyl (C=O) groups is 2. The van der Waals surface area contributed by atoms with Crippen LogP contribution in [0, 0.1) is 0 Å². The van der Waals surface area contributed by atoms with Gasteiger partial charge in [0, 0.05) is 25.4 Å². The van der Waals surface area contributed by atoms with Crippen molar-refractivity contribution in [3.8, 4) is 0 Å². The third-order valence-electron chi connectivity index (χ3n) is 4.69. The highest BCUT2D eigenvalue weighted by Crippen LogP contribution is 2.31. The predicted octanol–water partition coefficient (Wildman–Crippen LogP) is 3.44. The van der Waals surface area contributed by atoms with Gasteiger partial charge in [0.25, 0.3) is 0 Å². The van der Waals surface area contributed by atoms with Gasteiger partial charge in [-0.2, -0.15) is 0 Å². The maximum atomic E-state index is 12.4. The number of hydrogen-bond acceptors (Lipinski definition) is 4. The van der Waals surface area contributed by atoms with Crippen molar-refractivity contribution >= 4 is 23.2 Å². The normalized spacial score (nSPS) is 19.5. The molecule has 3 rings (SSSR count). The number of carboxylic acids is 1. The fourth-order valence-corrected chi connectivity index (χ4v) is 4.25. The smallest absolute Gasteiger partial charge is 0.347 e. The van der Waals surface area contributed by atoms with Crippen molar-refractivity contribution < 1.29 is 14.7 Å². The number of hydrogen-bond donors (Lipinski definition) is 1. The Morgan fingerprint density at radius 2 is 2.09 bits per heavy atom. The molecule has 2 aliphatic rings. The average Bonchev–Trinajstić information content (AvgIpc) is 3.06. The molecule has 2 heterocycles. The minimum absolute atomic E-state index is 0.238. The van der Waals surface area contributed by atoms with Crippen molar-refractivity contribution in [3.63, 3.8) is 0 Å². The zero-order chi connectivity index (χ0) is 16.2. The van der Waals surface area contributed by atoms with Crippen LogP contribution in [-0.2, 0) is 4.79 Å². The minimum atomic E-state index is -0.915. The van der Waals surface area contributed by atoms with E-state index in [1.807, 2.05) is 4.90 Å². The minimum Gasteiger partial charge on any atom is -0.477 e. The van der Waals surface area contributed by atoms with Crippen molar-refractivity contribution in [2.45, 2.75) is 50.9 Å². The first-order chi connectivity index (χ1) is 11.1. The van der Waals surface area contributed by atoms with E-state index in [9.17, 15) is 9.59 Å². The molecular formula is C17H22N2O3S. The van der Waals surface area contributed by atoms with Crippen molar-refractivity contribution in [1.29, 1.82) is 0 Å². The van der Waals surface area contributed by atoms with Crippen molar-refractivity contribution in [1.82, 2.24) is 9.88 Å². The van der Waals surface area contributed by atoms with E-state index >= 15 is 0 Å². The van der Waals surface area contributed by atoms with Crippen LogP contribution in [0.2, 0.25) is 0 Å². The van der Waals surface area contributed by atoms with E-state index in [1.165, 1.54) is 35.9 Å². The molecule has 0 saturated carbocycles. The number of piperidine rings is 1. The topological polar surface area (TPSA) is 70.5 Å². The fraction of sp³-hybridized carbons (Fsp3) is 0.588. The number of amides is 1. The van der Waals surface area contributed by atoms with E-state index in [2.05, 4.69) is 11.1 Å². The summed E-state index contributed by atoms with van der Waals surface area (Å²) in [5.74, 6) is -0.393. The Balaban J connectivity index is 1.52. The lowest BCUT2D eigenvalue weighted by Crippen LogP contribution is -2.38. The summed E-state index contributed by atoms with van der Waals surface area (Å²) in [4.78, 5) is 29.8. The number of aromatic nitrogens is 1. The Morgan fingerprint density at radius 1 is 1.30 bits per heavy atom. The Kier molecular flexibility index (Phi) is 5.10. The first kappa shape index (κ1) is 16.2. The van der Waals surface area contributed by atoms with Crippen molar-refractivity contribution in [2.24, 2.45) is 0 Å². The summed E-state index contributed by atoms with van der Waals surface area (Å²) < 4.78 is 0. The van der Waals surface area contributed by atoms with Gasteiger partial charge < -0.3 is 10.0 Å². The summed E-state index contributed by atoms with van der Waals surface area (Å²) in [7, 11) is 0. The molecular weight excluding hydrogens is 312 g/mol. The SMILES string of the molecule is O=C(O)c1cnc(C2CCN(C(=O)CC3=CCCCC3)CC2)s1. The molecule has 1 amide bonds. The van der Waals surface area contributed by atoms with Crippen LogP contribution < -0.4 is 0 Å². The van der Waals surface area contributed by atoms with Crippen LogP contribution in [0.15, 0.2) is 17.8 Å². The summed E-state index contributed by atoms with van der Waals surface area (Å²) in [6.07, 6.45) is 10.6. The molecule has 1 fully saturated rings. The summed E-state index contributed by atoms with van der Waals surface area (Å²) >= 11 is 1.26. The molecule has 1 N–H and O–H groups in total. The highest BCUT2D eigenvalue weighted by molar-refractivity contribution is 7.13. The van der Waals surface area contributed by atoms with E-state index in [-0.39, 0.29) is 11.8 Å². The van der Waals surface area contributed by atoms with Gasteiger partial charge in [0.1, 0.15) is 4.88 Å². The molecule has 1 aromatic heterocycles. The van der Waals surface area contributed by atoms with Crippen LogP contribution in [0.4, 0.5) is 0 Å². The highest BCUT2D eigenvalue weighted by Gasteiger charge is 2.26. The predicted molar refractivity (Wildman–Crippen MR) is 88.8 cm³/mol. The van der Waals surface area contributed by atoms with Crippen LogP contribution in [-0.4, -0.2) is 40.0 Å². The molecule has 0 unspecified atom stereocenters. The van der Waals surface area contributed by atoms with E-state index in [4.69, 9.17) is 5.11 Å². The lowest BCUT2D eigenvalue weighted by molar-refractivity contribution is -0.131. The zero-order valence-electron chi connectivity index (χ0n) is 13.2. The highest BCUT2D eigenvalue weighted by atomic mass is 32.1. The van der Waals surface area contributed by atoms with Crippen molar-refractivity contribution in [3.05, 3.63) is 27.7 Å². The van der Waals surface area contributed by atoms with Crippen LogP contribution in [0.1, 0.15) is 65.5 Å². The van der Waals surface area contributed by atoms with Gasteiger partial charge in [-0.3, -0.25) is 4.79 Å². The second kappa shape index (κ2) is 7.25. The molecule has 5 nitrogen and oxygen atoms in total. The van der Waals surface area contributed by atoms with E-state index in [1.54, 1.807) is 0 Å². The number of aromatic carboxylic acids is 1. The maximum absolute atomic E-state index is 12.4. The average molecular weight is 334 g/mol. The summed E-state index contributed by atoms with van der Waals surface area (Å²) in [6, 6.07) is 0. The van der Waals surface area contributed by atoms with Gasteiger partial charge in [-0.1, -0.05) is 11.6 Å². The summed E-state index contributed by atoms with van der Waals surface area (Å²) in [6.45, 7) is 1.50. The van der Waals surface area contributed by atoms with Crippen molar-refractivity contribution in [2.75, 3.05) is 13.1 Å². The number of allylic oxidation sites excluding steroid dienone is 1. The first-order valence-electron chi connectivity index (χ1n) is 8.28. The van der Waals surface area contributed by atoms with Gasteiger partial charge in [-0.05, 0) is 38.5 Å². The number of rotatable bonds is 4. The fourth-order valence-electron chi connectivity index (χ4n) is 3.32. The van der Waals surface area contributed by atoms with Gasteiger partial charge in [0.05, 0.1) is 11.2 Å². The molecule has 1 aliphatic heterocycles. The van der Waals surface area contributed by atoms with Crippen LogP contribution in [0.3, 0.4) is 0 Å². The molecule has 1 aliphatic carbocycles. The number of carbonyl (C=O) groups excluding carboxylic acids is 1. The largest absolute Gasteiger partial charge is 0.477 e. The van der Waals surface area contributed by atoms with Gasteiger partial charge in [0.2, 0.25) is 5.91 Å². The Morgan fingerprint density at radius 3 is 2.70 bits per heavy atom. The molecule has 0 radical (unpaired) electrons. The van der Waals surface area contributed by atoms with Crippen LogP contribution in [0.25, 0.3) is 0 Å². The molecule has 6 heteroatoms. The molecule has 124 valence electrons. The van der Waals surface area contributed by atoms with E-state index in [0.717, 1.165) is 43.8 Å². The van der Waals surface area contributed by atoms with E-state index < -0.39 is 5.97 Å². The Bertz CT molecular complexity index is 615. The zero-order valence-corrected chi connectivity index (χ0v) is 14.0. The monoisotopic (exact) mass is 334 g/mol. The number of nitrogens with zero attached hydrogens (tertiary/aromatic N) is 2. The molecule has 23 heavy (non-hydrogen) atoms. The quantitative estimate of drug-likeness (QED) is 0.856. The van der Waals surface area contributed by atoms with E-state index in [0.29, 0.717) is 11.3 Å². The summed E-state index contributed by atoms with van der Waals surface area (Å²) in [5, 5.41) is 9.87. The number of thiazole rings is 1. The molecule has 0 spiro atoms. The molecule has 0 bridgehead atoms. The van der Waals surface area contributed by atoms with Crippen LogP contribution in [0.5, 0.6) is 0 Å². The Labute approximate surface area is 140 Å².